The van der Waals surface area contributed by atoms with Crippen LogP contribution in [0.1, 0.15) is 17.8 Å². The van der Waals surface area contributed by atoms with Gasteiger partial charge in [-0.05, 0) is 48.7 Å². The molecule has 0 saturated carbocycles. The number of anilines is 1. The highest BCUT2D eigenvalue weighted by Crippen LogP contribution is 2.37. The van der Waals surface area contributed by atoms with Crippen LogP contribution in [0.5, 0.6) is 0 Å². The number of thiophene rings is 2. The molecule has 150 valence electrons. The molecule has 1 aromatic carbocycles. The average Bonchev–Trinajstić information content (AvgIpc) is 3.47. The highest BCUT2D eigenvalue weighted by atomic mass is 32.1. The van der Waals surface area contributed by atoms with Crippen molar-refractivity contribution in [2.75, 3.05) is 5.32 Å². The van der Waals surface area contributed by atoms with Crippen LogP contribution in [0, 0.1) is 0 Å². The predicted molar refractivity (Wildman–Crippen MR) is 119 cm³/mol. The topological polar surface area (TPSA) is 98.9 Å². The van der Waals surface area contributed by atoms with Crippen LogP contribution in [0.4, 0.5) is 10.5 Å². The lowest BCUT2D eigenvalue weighted by Gasteiger charge is -2.27. The van der Waals surface area contributed by atoms with Crippen LogP contribution in [0.15, 0.2) is 65.3 Å². The van der Waals surface area contributed by atoms with Gasteiger partial charge in [-0.3, -0.25) is 9.89 Å². The quantitative estimate of drug-likeness (QED) is 0.376. The van der Waals surface area contributed by atoms with Crippen LogP contribution >= 0.6 is 22.7 Å². The average molecular weight is 436 g/mol. The smallest absolute Gasteiger partial charge is 0.319 e. The summed E-state index contributed by atoms with van der Waals surface area (Å²) in [5.41, 5.74) is 2.58. The first-order valence-electron chi connectivity index (χ1n) is 9.25. The first-order chi connectivity index (χ1) is 14.6. The molecule has 1 aliphatic rings. The summed E-state index contributed by atoms with van der Waals surface area (Å²) < 4.78 is 0. The molecule has 0 aliphatic carbocycles. The lowest BCUT2D eigenvalue weighted by molar-refractivity contribution is -0.113. The second kappa shape index (κ2) is 7.43. The van der Waals surface area contributed by atoms with Crippen molar-refractivity contribution in [1.29, 1.82) is 0 Å². The van der Waals surface area contributed by atoms with Crippen molar-refractivity contribution in [3.63, 3.8) is 0 Å². The minimum absolute atomic E-state index is 0.265. The molecular formula is C21H17N5O2S2. The number of fused-ring (bicyclic) bond motifs is 1. The molecule has 3 aromatic heterocycles. The Labute approximate surface area is 179 Å². The van der Waals surface area contributed by atoms with Crippen LogP contribution in [-0.4, -0.2) is 22.1 Å². The van der Waals surface area contributed by atoms with E-state index >= 15 is 0 Å². The number of urea groups is 1. The van der Waals surface area contributed by atoms with Gasteiger partial charge in [0.1, 0.15) is 0 Å². The van der Waals surface area contributed by atoms with Gasteiger partial charge >= 0.3 is 6.03 Å². The lowest BCUT2D eigenvalue weighted by Crippen LogP contribution is -2.45. The molecule has 4 heterocycles. The summed E-state index contributed by atoms with van der Waals surface area (Å²) in [5.74, 6) is -0.265. The van der Waals surface area contributed by atoms with E-state index in [1.807, 2.05) is 41.8 Å². The molecule has 0 fully saturated rings. The van der Waals surface area contributed by atoms with E-state index in [1.165, 1.54) is 0 Å². The Balaban J connectivity index is 1.46. The number of aromatic amines is 1. The fourth-order valence-electron chi connectivity index (χ4n) is 3.49. The minimum atomic E-state index is -0.518. The van der Waals surface area contributed by atoms with Crippen LogP contribution < -0.4 is 16.0 Å². The van der Waals surface area contributed by atoms with E-state index in [4.69, 9.17) is 0 Å². The molecule has 4 aromatic rings. The highest BCUT2D eigenvalue weighted by Gasteiger charge is 2.32. The number of aromatic nitrogens is 2. The molecule has 9 heteroatoms. The van der Waals surface area contributed by atoms with Crippen molar-refractivity contribution in [2.45, 2.75) is 13.0 Å². The van der Waals surface area contributed by atoms with E-state index in [0.29, 0.717) is 17.0 Å². The van der Waals surface area contributed by atoms with E-state index < -0.39 is 6.04 Å². The summed E-state index contributed by atoms with van der Waals surface area (Å²) in [6, 6.07) is 12.8. The number of hydrogen-bond donors (Lipinski definition) is 4. The molecule has 0 saturated heterocycles. The van der Waals surface area contributed by atoms with E-state index in [1.54, 1.807) is 35.8 Å². The number of benzene rings is 1. The summed E-state index contributed by atoms with van der Waals surface area (Å²) in [7, 11) is 0. The fourth-order valence-corrected chi connectivity index (χ4v) is 5.39. The maximum atomic E-state index is 13.2. The second-order valence-electron chi connectivity index (χ2n) is 6.88. The molecule has 3 amide bonds. The zero-order valence-corrected chi connectivity index (χ0v) is 17.5. The number of carbonyl (C=O) groups excluding carboxylic acids is 2. The summed E-state index contributed by atoms with van der Waals surface area (Å²) in [5, 5.41) is 18.4. The molecule has 4 N–H and O–H groups in total. The van der Waals surface area contributed by atoms with Crippen LogP contribution in [0.3, 0.4) is 0 Å². The SMILES string of the molecule is CC1=C(C(=O)Nc2ccc3[nH]ncc3c2)C(c2ccc(-c3cccs3)s2)NC(=O)N1. The molecular weight excluding hydrogens is 418 g/mol. The lowest BCUT2D eigenvalue weighted by atomic mass is 10.0. The number of H-pyrrole nitrogens is 1. The minimum Gasteiger partial charge on any atom is -0.326 e. The number of carbonyl (C=O) groups is 2. The van der Waals surface area contributed by atoms with Gasteiger partial charge in [0.25, 0.3) is 5.91 Å². The third-order valence-corrected chi connectivity index (χ3v) is 7.10. The van der Waals surface area contributed by atoms with E-state index in [-0.39, 0.29) is 11.9 Å². The Morgan fingerprint density at radius 2 is 2.07 bits per heavy atom. The first kappa shape index (κ1) is 18.6. The monoisotopic (exact) mass is 435 g/mol. The number of amides is 3. The third-order valence-electron chi connectivity index (χ3n) is 4.89. The predicted octanol–water partition coefficient (Wildman–Crippen LogP) is 4.62. The Morgan fingerprint density at radius 1 is 1.17 bits per heavy atom. The molecule has 1 unspecified atom stereocenters. The van der Waals surface area contributed by atoms with Gasteiger partial charge < -0.3 is 16.0 Å². The van der Waals surface area contributed by atoms with E-state index in [0.717, 1.165) is 25.5 Å². The van der Waals surface area contributed by atoms with Crippen molar-refractivity contribution in [2.24, 2.45) is 0 Å². The van der Waals surface area contributed by atoms with Gasteiger partial charge in [-0.1, -0.05) is 6.07 Å². The molecule has 30 heavy (non-hydrogen) atoms. The zero-order chi connectivity index (χ0) is 20.7. The first-order valence-corrected chi connectivity index (χ1v) is 10.9. The van der Waals surface area contributed by atoms with Gasteiger partial charge in [0.05, 0.1) is 23.3 Å². The van der Waals surface area contributed by atoms with Gasteiger partial charge in [-0.15, -0.1) is 22.7 Å². The molecule has 5 rings (SSSR count). The van der Waals surface area contributed by atoms with E-state index in [2.05, 4.69) is 32.2 Å². The number of allylic oxidation sites excluding steroid dienone is 1. The number of nitrogens with zero attached hydrogens (tertiary/aromatic N) is 1. The number of hydrogen-bond acceptors (Lipinski definition) is 5. The van der Waals surface area contributed by atoms with Gasteiger partial charge in [0, 0.05) is 31.4 Å². The summed E-state index contributed by atoms with van der Waals surface area (Å²) in [6.07, 6.45) is 1.71. The Bertz CT molecular complexity index is 1290. The Hall–Kier alpha value is -3.43. The summed E-state index contributed by atoms with van der Waals surface area (Å²) in [6.45, 7) is 1.74. The normalized spacial score (nSPS) is 16.4. The number of nitrogens with one attached hydrogen (secondary N) is 4. The van der Waals surface area contributed by atoms with Gasteiger partial charge in [-0.2, -0.15) is 5.10 Å². The zero-order valence-electron chi connectivity index (χ0n) is 15.9. The largest absolute Gasteiger partial charge is 0.326 e. The number of rotatable bonds is 4. The van der Waals surface area contributed by atoms with Crippen LogP contribution in [-0.2, 0) is 4.79 Å². The Morgan fingerprint density at radius 3 is 2.90 bits per heavy atom. The molecule has 0 bridgehead atoms. The van der Waals surface area contributed by atoms with E-state index in [9.17, 15) is 9.59 Å². The standard InChI is InChI=1S/C21H17N5O2S2/c1-11-18(20(27)24-13-4-5-14-12(9-13)10-22-26-14)19(25-21(28)23-11)17-7-6-16(30-17)15-3-2-8-29-15/h2-10,19H,1H3,(H,22,26)(H,24,27)(H2,23,25,28). The van der Waals surface area contributed by atoms with Crippen molar-refractivity contribution in [3.05, 3.63) is 70.2 Å². The molecule has 0 radical (unpaired) electrons. The van der Waals surface area contributed by atoms with Crippen molar-refractivity contribution >= 4 is 51.2 Å². The molecule has 1 aliphatic heterocycles. The molecule has 0 spiro atoms. The molecule has 7 nitrogen and oxygen atoms in total. The molecule has 1 atom stereocenters. The van der Waals surface area contributed by atoms with Gasteiger partial charge in [0.15, 0.2) is 0 Å². The van der Waals surface area contributed by atoms with Crippen LogP contribution in [0.25, 0.3) is 20.7 Å². The summed E-state index contributed by atoms with van der Waals surface area (Å²) in [4.78, 5) is 28.5. The van der Waals surface area contributed by atoms with Crippen LogP contribution in [0.2, 0.25) is 0 Å². The van der Waals surface area contributed by atoms with Gasteiger partial charge in [0.2, 0.25) is 0 Å². The maximum Gasteiger partial charge on any atom is 0.319 e. The fraction of sp³-hybridized carbons (Fsp3) is 0.0952. The van der Waals surface area contributed by atoms with Crippen molar-refractivity contribution in [1.82, 2.24) is 20.8 Å². The Kier molecular flexibility index (Phi) is 4.61. The highest BCUT2D eigenvalue weighted by molar-refractivity contribution is 7.21. The van der Waals surface area contributed by atoms with Crippen molar-refractivity contribution < 1.29 is 9.59 Å². The van der Waals surface area contributed by atoms with Crippen molar-refractivity contribution in [3.8, 4) is 9.75 Å². The van der Waals surface area contributed by atoms with Gasteiger partial charge in [-0.25, -0.2) is 4.79 Å². The maximum absolute atomic E-state index is 13.2. The third kappa shape index (κ3) is 3.38. The second-order valence-corrected chi connectivity index (χ2v) is 8.94. The summed E-state index contributed by atoms with van der Waals surface area (Å²) >= 11 is 3.23.